The molecule has 3 nitrogen and oxygen atoms in total. The number of hydrogen-bond donors (Lipinski definition) is 1. The lowest BCUT2D eigenvalue weighted by Gasteiger charge is -2.34. The van der Waals surface area contributed by atoms with Gasteiger partial charge in [0.2, 0.25) is 0 Å². The summed E-state index contributed by atoms with van der Waals surface area (Å²) >= 11 is 0. The van der Waals surface area contributed by atoms with E-state index in [9.17, 15) is 9.90 Å². The predicted molar refractivity (Wildman–Crippen MR) is 58.5 cm³/mol. The Hall–Kier alpha value is -0.670. The first-order valence-electron chi connectivity index (χ1n) is 5.77. The van der Waals surface area contributed by atoms with Gasteiger partial charge in [0.05, 0.1) is 6.10 Å². The van der Waals surface area contributed by atoms with Crippen molar-refractivity contribution in [3.8, 4) is 0 Å². The summed E-state index contributed by atoms with van der Waals surface area (Å²) in [7, 11) is 0. The van der Waals surface area contributed by atoms with E-state index < -0.39 is 0 Å². The van der Waals surface area contributed by atoms with E-state index in [4.69, 9.17) is 0 Å². The van der Waals surface area contributed by atoms with E-state index in [0.717, 1.165) is 25.8 Å². The van der Waals surface area contributed by atoms with Gasteiger partial charge in [-0.2, -0.15) is 0 Å². The number of rotatable bonds is 2. The van der Waals surface area contributed by atoms with Crippen LogP contribution >= 0.6 is 0 Å². The molecule has 0 aromatic rings. The molecule has 1 saturated carbocycles. The van der Waals surface area contributed by atoms with E-state index in [1.165, 1.54) is 0 Å². The molecule has 0 radical (unpaired) electrons. The van der Waals surface area contributed by atoms with Crippen LogP contribution in [-0.2, 0) is 4.79 Å². The first-order chi connectivity index (χ1) is 7.18. The molecule has 3 atom stereocenters. The maximum absolute atomic E-state index is 11.5. The van der Waals surface area contributed by atoms with E-state index in [2.05, 4.69) is 4.90 Å². The summed E-state index contributed by atoms with van der Waals surface area (Å²) in [5.41, 5.74) is 0. The normalized spacial score (nSPS) is 37.1. The molecule has 15 heavy (non-hydrogen) atoms. The van der Waals surface area contributed by atoms with E-state index >= 15 is 0 Å². The Balaban J connectivity index is 2.03. The molecule has 0 aromatic carbocycles. The molecule has 0 bridgehead atoms. The molecule has 0 aromatic heterocycles. The number of ketones is 1. The molecular formula is C12H19NO2. The lowest BCUT2D eigenvalue weighted by Crippen LogP contribution is -2.45. The van der Waals surface area contributed by atoms with Gasteiger partial charge in [0.1, 0.15) is 5.78 Å². The molecule has 1 N–H and O–H groups in total. The highest BCUT2D eigenvalue weighted by atomic mass is 16.3. The summed E-state index contributed by atoms with van der Waals surface area (Å²) in [5.74, 6) is 0.505. The maximum atomic E-state index is 11.5. The van der Waals surface area contributed by atoms with E-state index in [1.807, 2.05) is 12.2 Å². The molecule has 0 amide bonds. The minimum absolute atomic E-state index is 0.198. The second-order valence-electron chi connectivity index (χ2n) is 4.66. The molecule has 0 spiro atoms. The number of nitrogens with zero attached hydrogens (tertiary/aromatic N) is 1. The van der Waals surface area contributed by atoms with Crippen molar-refractivity contribution in [2.24, 2.45) is 5.92 Å². The molecular weight excluding hydrogens is 190 g/mol. The van der Waals surface area contributed by atoms with Gasteiger partial charge in [-0.1, -0.05) is 18.6 Å². The standard InChI is InChI=1S/C12H19NO2/c1-9(14)11-5-2-6-12(11)13-7-3-4-10(15)8-13/h3-4,10-12,15H,2,5-8H2,1H3. The smallest absolute Gasteiger partial charge is 0.134 e. The van der Waals surface area contributed by atoms with Gasteiger partial charge < -0.3 is 5.11 Å². The van der Waals surface area contributed by atoms with Crippen LogP contribution < -0.4 is 0 Å². The summed E-state index contributed by atoms with van der Waals surface area (Å²) < 4.78 is 0. The number of carbonyl (C=O) groups excluding carboxylic acids is 1. The van der Waals surface area contributed by atoms with Crippen LogP contribution in [-0.4, -0.2) is 41.0 Å². The van der Waals surface area contributed by atoms with Gasteiger partial charge in [-0.05, 0) is 19.8 Å². The van der Waals surface area contributed by atoms with E-state index in [-0.39, 0.29) is 12.0 Å². The van der Waals surface area contributed by atoms with Crippen LogP contribution in [0.1, 0.15) is 26.2 Å². The van der Waals surface area contributed by atoms with Gasteiger partial charge in [-0.3, -0.25) is 9.69 Å². The summed E-state index contributed by atoms with van der Waals surface area (Å²) in [6.07, 6.45) is 6.76. The number of hydrogen-bond acceptors (Lipinski definition) is 3. The molecule has 1 aliphatic heterocycles. The summed E-state index contributed by atoms with van der Waals surface area (Å²) in [5, 5.41) is 9.55. The minimum atomic E-state index is -0.355. The van der Waals surface area contributed by atoms with Crippen molar-refractivity contribution in [1.82, 2.24) is 4.90 Å². The average Bonchev–Trinajstić information content (AvgIpc) is 2.65. The van der Waals surface area contributed by atoms with Crippen molar-refractivity contribution >= 4 is 5.78 Å². The number of aliphatic hydroxyl groups is 1. The summed E-state index contributed by atoms with van der Waals surface area (Å²) in [6.45, 7) is 3.26. The van der Waals surface area contributed by atoms with Crippen LogP contribution in [0.15, 0.2) is 12.2 Å². The molecule has 0 saturated heterocycles. The third-order valence-electron chi connectivity index (χ3n) is 3.59. The largest absolute Gasteiger partial charge is 0.388 e. The monoisotopic (exact) mass is 209 g/mol. The Morgan fingerprint density at radius 3 is 2.93 bits per heavy atom. The highest BCUT2D eigenvalue weighted by Gasteiger charge is 2.35. The van der Waals surface area contributed by atoms with Gasteiger partial charge in [-0.15, -0.1) is 0 Å². The molecule has 3 heteroatoms. The van der Waals surface area contributed by atoms with Crippen molar-refractivity contribution in [3.63, 3.8) is 0 Å². The Kier molecular flexibility index (Phi) is 3.22. The molecule has 2 aliphatic rings. The SMILES string of the molecule is CC(=O)C1CCCC1N1CC=CC(O)C1. The van der Waals surface area contributed by atoms with Gasteiger partial charge in [0.25, 0.3) is 0 Å². The third-order valence-corrected chi connectivity index (χ3v) is 3.59. The topological polar surface area (TPSA) is 40.5 Å². The molecule has 1 aliphatic carbocycles. The molecule has 1 heterocycles. The van der Waals surface area contributed by atoms with E-state index in [0.29, 0.717) is 18.4 Å². The zero-order chi connectivity index (χ0) is 10.8. The van der Waals surface area contributed by atoms with E-state index in [1.54, 1.807) is 6.92 Å². The first kappa shape index (κ1) is 10.8. The quantitative estimate of drug-likeness (QED) is 0.689. The highest BCUT2D eigenvalue weighted by molar-refractivity contribution is 5.79. The minimum Gasteiger partial charge on any atom is -0.388 e. The highest BCUT2D eigenvalue weighted by Crippen LogP contribution is 2.31. The number of Topliss-reactive ketones (excluding diaryl/α,β-unsaturated/α-hetero) is 1. The van der Waals surface area contributed by atoms with Crippen LogP contribution in [0.5, 0.6) is 0 Å². The Bertz CT molecular complexity index is 275. The first-order valence-corrected chi connectivity index (χ1v) is 5.77. The zero-order valence-electron chi connectivity index (χ0n) is 9.22. The van der Waals surface area contributed by atoms with Crippen molar-refractivity contribution in [3.05, 3.63) is 12.2 Å². The fourth-order valence-corrected chi connectivity index (χ4v) is 2.85. The average molecular weight is 209 g/mol. The number of β-amino-alcohol motifs (C(OH)–C–C–N with tert-alkyl or cyclic N) is 1. The Labute approximate surface area is 90.8 Å². The van der Waals surface area contributed by atoms with Crippen LogP contribution in [0, 0.1) is 5.92 Å². The fraction of sp³-hybridized carbons (Fsp3) is 0.750. The maximum Gasteiger partial charge on any atom is 0.134 e. The molecule has 1 fully saturated rings. The number of carbonyl (C=O) groups is 1. The molecule has 84 valence electrons. The van der Waals surface area contributed by atoms with Crippen LogP contribution in [0.4, 0.5) is 0 Å². The predicted octanol–water partition coefficient (Wildman–Crippen LogP) is 0.977. The van der Waals surface area contributed by atoms with Crippen molar-refractivity contribution in [2.75, 3.05) is 13.1 Å². The Morgan fingerprint density at radius 1 is 1.47 bits per heavy atom. The Morgan fingerprint density at radius 2 is 2.27 bits per heavy atom. The van der Waals surface area contributed by atoms with Crippen LogP contribution in [0.2, 0.25) is 0 Å². The summed E-state index contributed by atoms with van der Waals surface area (Å²) in [4.78, 5) is 13.7. The fourth-order valence-electron chi connectivity index (χ4n) is 2.85. The second-order valence-corrected chi connectivity index (χ2v) is 4.66. The van der Waals surface area contributed by atoms with Gasteiger partial charge >= 0.3 is 0 Å². The van der Waals surface area contributed by atoms with Gasteiger partial charge in [-0.25, -0.2) is 0 Å². The van der Waals surface area contributed by atoms with Crippen molar-refractivity contribution in [1.29, 1.82) is 0 Å². The third kappa shape index (κ3) is 2.29. The molecule has 3 unspecified atom stereocenters. The number of aliphatic hydroxyl groups excluding tert-OH is 1. The van der Waals surface area contributed by atoms with Crippen LogP contribution in [0.3, 0.4) is 0 Å². The zero-order valence-corrected chi connectivity index (χ0v) is 9.22. The van der Waals surface area contributed by atoms with Crippen LogP contribution in [0.25, 0.3) is 0 Å². The summed E-state index contributed by atoms with van der Waals surface area (Å²) in [6, 6.07) is 0.363. The van der Waals surface area contributed by atoms with Gasteiger partial charge in [0.15, 0.2) is 0 Å². The van der Waals surface area contributed by atoms with Gasteiger partial charge in [0, 0.05) is 25.0 Å². The lowest BCUT2D eigenvalue weighted by atomic mass is 9.97. The second kappa shape index (κ2) is 4.45. The molecule has 2 rings (SSSR count). The van der Waals surface area contributed by atoms with Crippen molar-refractivity contribution < 1.29 is 9.90 Å². The lowest BCUT2D eigenvalue weighted by molar-refractivity contribution is -0.122. The van der Waals surface area contributed by atoms with Crippen molar-refractivity contribution in [2.45, 2.75) is 38.3 Å².